The third-order valence-electron chi connectivity index (χ3n) is 4.27. The zero-order chi connectivity index (χ0) is 22.3. The molecule has 3 rings (SSSR count). The molecule has 0 bridgehead atoms. The molecular weight excluding hydrogens is 408 g/mol. The van der Waals surface area contributed by atoms with Crippen LogP contribution in [0.4, 0.5) is 9.93 Å². The number of carbonyl (C=O) groups excluding carboxylic acids is 1. The van der Waals surface area contributed by atoms with Gasteiger partial charge in [-0.1, -0.05) is 60.2 Å². The summed E-state index contributed by atoms with van der Waals surface area (Å²) in [6.07, 6.45) is 1.79. The van der Waals surface area contributed by atoms with Crippen LogP contribution < -0.4 is 10.7 Å². The van der Waals surface area contributed by atoms with Crippen molar-refractivity contribution in [2.45, 2.75) is 45.8 Å². The second kappa shape index (κ2) is 10.2. The number of ether oxygens (including phenoxy) is 1. The first kappa shape index (κ1) is 22.5. The van der Waals surface area contributed by atoms with Gasteiger partial charge in [0.05, 0.1) is 11.7 Å². The molecule has 162 valence electrons. The van der Waals surface area contributed by atoms with E-state index in [1.807, 2.05) is 56.5 Å². The molecule has 0 fully saturated rings. The van der Waals surface area contributed by atoms with Crippen LogP contribution in [-0.2, 0) is 11.2 Å². The van der Waals surface area contributed by atoms with Gasteiger partial charge in [0.2, 0.25) is 5.13 Å². The van der Waals surface area contributed by atoms with Crippen LogP contribution in [-0.4, -0.2) is 28.9 Å². The second-order valence-electron chi connectivity index (χ2n) is 8.24. The van der Waals surface area contributed by atoms with E-state index in [1.165, 1.54) is 16.9 Å². The zero-order valence-corrected chi connectivity index (χ0v) is 19.1. The summed E-state index contributed by atoms with van der Waals surface area (Å²) in [5.74, 6) is 0. The topological polar surface area (TPSA) is 75.6 Å². The number of carbonyl (C=O) groups is 1. The Balaban J connectivity index is 1.65. The maximum atomic E-state index is 12.3. The molecule has 1 amide bonds. The van der Waals surface area contributed by atoms with Gasteiger partial charge in [0, 0.05) is 17.2 Å². The first-order chi connectivity index (χ1) is 14.8. The van der Waals surface area contributed by atoms with Gasteiger partial charge in [0.15, 0.2) is 0 Å². The summed E-state index contributed by atoms with van der Waals surface area (Å²) in [5.41, 5.74) is 6.66. The third kappa shape index (κ3) is 7.53. The molecule has 0 radical (unpaired) electrons. The van der Waals surface area contributed by atoms with E-state index in [2.05, 4.69) is 52.0 Å². The van der Waals surface area contributed by atoms with Gasteiger partial charge < -0.3 is 10.1 Å². The molecule has 0 unspecified atom stereocenters. The number of hydrazone groups is 1. The summed E-state index contributed by atoms with van der Waals surface area (Å²) in [5, 5.41) is 9.86. The highest BCUT2D eigenvalue weighted by Crippen LogP contribution is 2.25. The minimum Gasteiger partial charge on any atom is -0.444 e. The molecular formula is C24H28N4O2S. The molecule has 6 nitrogen and oxygen atoms in total. The van der Waals surface area contributed by atoms with Gasteiger partial charge in [0.1, 0.15) is 5.60 Å². The standard InChI is InChI=1S/C24H28N4O2S/c1-17-10-12-19(13-11-17)21-16-31-22(27-21)28-25-15-20(14-18-8-6-5-7-9-18)26-23(29)30-24(2,3)4/h5-13,15-16,20H,14H2,1-4H3,(H,26,29)(H,27,28)/b25-15+/t20-/m0/s1. The van der Waals surface area contributed by atoms with Gasteiger partial charge >= 0.3 is 6.09 Å². The van der Waals surface area contributed by atoms with E-state index >= 15 is 0 Å². The Hall–Kier alpha value is -3.19. The minimum atomic E-state index is -0.565. The smallest absolute Gasteiger partial charge is 0.408 e. The fourth-order valence-corrected chi connectivity index (χ4v) is 3.50. The van der Waals surface area contributed by atoms with Crippen LogP contribution in [0.5, 0.6) is 0 Å². The van der Waals surface area contributed by atoms with E-state index in [4.69, 9.17) is 4.74 Å². The van der Waals surface area contributed by atoms with Crippen molar-refractivity contribution in [1.29, 1.82) is 0 Å². The van der Waals surface area contributed by atoms with Crippen LogP contribution in [0.15, 0.2) is 65.1 Å². The van der Waals surface area contributed by atoms with Gasteiger partial charge in [-0.3, -0.25) is 5.43 Å². The SMILES string of the molecule is Cc1ccc(-c2csc(N/N=C/[C@H](Cc3ccccc3)NC(=O)OC(C)(C)C)n2)cc1. The van der Waals surface area contributed by atoms with Crippen molar-refractivity contribution in [3.63, 3.8) is 0 Å². The van der Waals surface area contributed by atoms with Crippen LogP contribution in [0.25, 0.3) is 11.3 Å². The maximum Gasteiger partial charge on any atom is 0.408 e. The quantitative estimate of drug-likeness (QED) is 0.371. The Morgan fingerprint density at radius 3 is 2.55 bits per heavy atom. The highest BCUT2D eigenvalue weighted by atomic mass is 32.1. The number of amides is 1. The number of hydrogen-bond acceptors (Lipinski definition) is 6. The molecule has 0 aliphatic rings. The average Bonchev–Trinajstić information content (AvgIpc) is 3.16. The lowest BCUT2D eigenvalue weighted by atomic mass is 10.1. The molecule has 1 heterocycles. The number of rotatable bonds is 7. The van der Waals surface area contributed by atoms with Gasteiger partial charge in [-0.2, -0.15) is 5.10 Å². The van der Waals surface area contributed by atoms with E-state index in [-0.39, 0.29) is 6.04 Å². The molecule has 0 spiro atoms. The van der Waals surface area contributed by atoms with Gasteiger partial charge in [-0.05, 0) is 39.7 Å². The number of alkyl carbamates (subject to hydrolysis) is 1. The molecule has 1 aromatic heterocycles. The number of anilines is 1. The van der Waals surface area contributed by atoms with E-state index in [0.29, 0.717) is 11.6 Å². The third-order valence-corrected chi connectivity index (χ3v) is 5.01. The van der Waals surface area contributed by atoms with E-state index < -0.39 is 11.7 Å². The number of aryl methyl sites for hydroxylation is 1. The fraction of sp³-hybridized carbons (Fsp3) is 0.292. The summed E-state index contributed by atoms with van der Waals surface area (Å²) >= 11 is 1.48. The molecule has 0 saturated carbocycles. The average molecular weight is 437 g/mol. The number of nitrogens with one attached hydrogen (secondary N) is 2. The molecule has 2 N–H and O–H groups in total. The normalized spacial score (nSPS) is 12.5. The van der Waals surface area contributed by atoms with Gasteiger partial charge in [-0.15, -0.1) is 11.3 Å². The van der Waals surface area contributed by atoms with E-state index in [1.54, 1.807) is 6.21 Å². The van der Waals surface area contributed by atoms with Crippen molar-refractivity contribution in [1.82, 2.24) is 10.3 Å². The minimum absolute atomic E-state index is 0.332. The molecule has 3 aromatic rings. The van der Waals surface area contributed by atoms with Crippen LogP contribution in [0.3, 0.4) is 0 Å². The van der Waals surface area contributed by atoms with Crippen molar-refractivity contribution in [2.24, 2.45) is 5.10 Å². The number of hydrogen-bond donors (Lipinski definition) is 2. The highest BCUT2D eigenvalue weighted by Gasteiger charge is 2.19. The molecule has 31 heavy (non-hydrogen) atoms. The van der Waals surface area contributed by atoms with Gasteiger partial charge in [-0.25, -0.2) is 9.78 Å². The largest absolute Gasteiger partial charge is 0.444 e. The van der Waals surface area contributed by atoms with Crippen LogP contribution in [0.1, 0.15) is 31.9 Å². The fourth-order valence-electron chi connectivity index (χ4n) is 2.83. The molecule has 0 aliphatic heterocycles. The molecule has 7 heteroatoms. The zero-order valence-electron chi connectivity index (χ0n) is 18.3. The Labute approximate surface area is 187 Å². The number of benzene rings is 2. The van der Waals surface area contributed by atoms with Gasteiger partial charge in [0.25, 0.3) is 0 Å². The Morgan fingerprint density at radius 1 is 1.16 bits per heavy atom. The molecule has 0 aliphatic carbocycles. The lowest BCUT2D eigenvalue weighted by molar-refractivity contribution is 0.0519. The van der Waals surface area contributed by atoms with E-state index in [9.17, 15) is 4.79 Å². The van der Waals surface area contributed by atoms with E-state index in [0.717, 1.165) is 16.8 Å². The van der Waals surface area contributed by atoms with Crippen molar-refractivity contribution >= 4 is 28.8 Å². The van der Waals surface area contributed by atoms with Crippen molar-refractivity contribution in [3.05, 3.63) is 71.1 Å². The second-order valence-corrected chi connectivity index (χ2v) is 9.09. The summed E-state index contributed by atoms with van der Waals surface area (Å²) in [6, 6.07) is 17.8. The van der Waals surface area contributed by atoms with Crippen LogP contribution >= 0.6 is 11.3 Å². The lowest BCUT2D eigenvalue weighted by Crippen LogP contribution is -2.41. The Kier molecular flexibility index (Phi) is 7.41. The highest BCUT2D eigenvalue weighted by molar-refractivity contribution is 7.14. The summed E-state index contributed by atoms with van der Waals surface area (Å²) in [6.45, 7) is 7.57. The first-order valence-electron chi connectivity index (χ1n) is 10.1. The molecule has 0 saturated heterocycles. The predicted octanol–water partition coefficient (Wildman–Crippen LogP) is 5.65. The summed E-state index contributed by atoms with van der Waals surface area (Å²) in [7, 11) is 0. The van der Waals surface area contributed by atoms with Crippen molar-refractivity contribution in [3.8, 4) is 11.3 Å². The van der Waals surface area contributed by atoms with Crippen molar-refractivity contribution in [2.75, 3.05) is 5.43 Å². The van der Waals surface area contributed by atoms with Crippen LogP contribution in [0.2, 0.25) is 0 Å². The monoisotopic (exact) mass is 436 g/mol. The predicted molar refractivity (Wildman–Crippen MR) is 128 cm³/mol. The Morgan fingerprint density at radius 2 is 1.87 bits per heavy atom. The number of aromatic nitrogens is 1. The lowest BCUT2D eigenvalue weighted by Gasteiger charge is -2.22. The molecule has 2 aromatic carbocycles. The van der Waals surface area contributed by atoms with Crippen molar-refractivity contribution < 1.29 is 9.53 Å². The Bertz CT molecular complexity index is 1010. The number of thiazole rings is 1. The first-order valence-corrected chi connectivity index (χ1v) is 11.0. The summed E-state index contributed by atoms with van der Waals surface area (Å²) in [4.78, 5) is 16.8. The maximum absolute atomic E-state index is 12.3. The van der Waals surface area contributed by atoms with Crippen LogP contribution in [0, 0.1) is 6.92 Å². The molecule has 1 atom stereocenters. The number of nitrogens with zero attached hydrogens (tertiary/aromatic N) is 2. The summed E-state index contributed by atoms with van der Waals surface area (Å²) < 4.78 is 5.39.